The summed E-state index contributed by atoms with van der Waals surface area (Å²) in [5, 5.41) is 19.6. The number of halogens is 1. The Labute approximate surface area is 256 Å². The molecule has 1 unspecified atom stereocenters. The van der Waals surface area contributed by atoms with E-state index in [2.05, 4.69) is 17.1 Å². The number of methoxy groups -OCH3 is 1. The molecule has 0 saturated heterocycles. The number of hydrogen-bond acceptors (Lipinski definition) is 10. The van der Waals surface area contributed by atoms with Gasteiger partial charge in [0.25, 0.3) is 5.91 Å². The lowest BCUT2D eigenvalue weighted by atomic mass is 9.95. The molecule has 224 valence electrons. The van der Waals surface area contributed by atoms with E-state index >= 15 is 0 Å². The number of carbonyl (C=O) groups is 2. The number of benzene rings is 2. The normalized spacial score (nSPS) is 14.9. The smallest absolute Gasteiger partial charge is 0.296 e. The van der Waals surface area contributed by atoms with Gasteiger partial charge in [-0.15, -0.1) is 10.2 Å². The fraction of sp³-hybridized carbons (Fsp3) is 0.290. The third-order valence-electron chi connectivity index (χ3n) is 6.84. The Kier molecular flexibility index (Phi) is 9.46. The van der Waals surface area contributed by atoms with E-state index in [1.165, 1.54) is 35.9 Å². The molecule has 2 aromatic heterocycles. The van der Waals surface area contributed by atoms with Crippen LogP contribution in [0.5, 0.6) is 11.5 Å². The number of thioether (sulfide) groups is 1. The standard InChI is InChI=1S/C31H30FN3O6S2/c1-4-5-8-15-40-22-14-12-19(16-24(22)39-3)26-25(27(36)23-13-11-18(2)41-23)28(37)29(38)35(26)30-33-34-31(43-30)42-17-20-9-6-7-10-21(20)32/h6-7,9-14,16,26,37H,4-5,8,15,17H2,1-3H3. The number of rotatable bonds is 13. The topological polar surface area (TPSA) is 115 Å². The fourth-order valence-corrected chi connectivity index (χ4v) is 6.51. The lowest BCUT2D eigenvalue weighted by molar-refractivity contribution is -0.117. The van der Waals surface area contributed by atoms with E-state index < -0.39 is 23.5 Å². The number of aliphatic hydroxyl groups excluding tert-OH is 1. The molecule has 5 rings (SSSR count). The van der Waals surface area contributed by atoms with Crippen LogP contribution in [-0.2, 0) is 10.5 Å². The molecular weight excluding hydrogens is 593 g/mol. The van der Waals surface area contributed by atoms with Crippen LogP contribution in [0, 0.1) is 12.7 Å². The molecule has 0 fully saturated rings. The number of Topliss-reactive ketones (excluding diaryl/α,β-unsaturated/α-hetero) is 1. The molecule has 43 heavy (non-hydrogen) atoms. The Balaban J connectivity index is 1.50. The molecule has 4 aromatic rings. The number of amides is 1. The Hall–Kier alpha value is -4.16. The third kappa shape index (κ3) is 6.45. The van der Waals surface area contributed by atoms with Gasteiger partial charge in [-0.3, -0.25) is 14.5 Å². The lowest BCUT2D eigenvalue weighted by Gasteiger charge is -2.24. The average molecular weight is 624 g/mol. The van der Waals surface area contributed by atoms with Crippen molar-refractivity contribution in [3.05, 3.63) is 94.4 Å². The van der Waals surface area contributed by atoms with Gasteiger partial charge in [-0.1, -0.05) is 67.1 Å². The molecular formula is C31H30FN3O6S2. The predicted molar refractivity (Wildman–Crippen MR) is 162 cm³/mol. The van der Waals surface area contributed by atoms with Crippen LogP contribution in [0.2, 0.25) is 0 Å². The van der Waals surface area contributed by atoms with Crippen molar-refractivity contribution in [2.75, 3.05) is 18.6 Å². The molecule has 0 aliphatic carbocycles. The van der Waals surface area contributed by atoms with Gasteiger partial charge < -0.3 is 19.0 Å². The van der Waals surface area contributed by atoms with Crippen LogP contribution in [0.1, 0.15) is 59.7 Å². The van der Waals surface area contributed by atoms with Crippen molar-refractivity contribution in [1.82, 2.24) is 10.2 Å². The first-order valence-electron chi connectivity index (χ1n) is 13.7. The molecule has 1 amide bonds. The summed E-state index contributed by atoms with van der Waals surface area (Å²) < 4.78 is 31.7. The van der Waals surface area contributed by atoms with Gasteiger partial charge in [-0.25, -0.2) is 4.39 Å². The minimum Gasteiger partial charge on any atom is -0.503 e. The summed E-state index contributed by atoms with van der Waals surface area (Å²) in [7, 11) is 1.50. The summed E-state index contributed by atoms with van der Waals surface area (Å²) in [6.45, 7) is 4.32. The van der Waals surface area contributed by atoms with Gasteiger partial charge >= 0.3 is 0 Å². The Morgan fingerprint density at radius 1 is 1.14 bits per heavy atom. The molecule has 0 bridgehead atoms. The summed E-state index contributed by atoms with van der Waals surface area (Å²) in [6.07, 6.45) is 2.98. The fourth-order valence-electron chi connectivity index (χ4n) is 4.66. The average Bonchev–Trinajstić information content (AvgIpc) is 3.73. The van der Waals surface area contributed by atoms with Crippen LogP contribution < -0.4 is 14.4 Å². The monoisotopic (exact) mass is 623 g/mol. The summed E-state index contributed by atoms with van der Waals surface area (Å²) in [5.41, 5.74) is 0.829. The van der Waals surface area contributed by atoms with Gasteiger partial charge in [0.2, 0.25) is 10.9 Å². The van der Waals surface area contributed by atoms with Crippen molar-refractivity contribution in [1.29, 1.82) is 0 Å². The van der Waals surface area contributed by atoms with Crippen molar-refractivity contribution in [3.8, 4) is 11.5 Å². The number of ketones is 1. The Bertz CT molecular complexity index is 1670. The molecule has 1 aliphatic rings. The molecule has 1 aliphatic heterocycles. The maximum absolute atomic E-state index is 14.1. The molecule has 9 nitrogen and oxygen atoms in total. The van der Waals surface area contributed by atoms with Gasteiger partial charge in [-0.05, 0) is 54.8 Å². The maximum atomic E-state index is 14.1. The van der Waals surface area contributed by atoms with Crippen molar-refractivity contribution in [2.45, 2.75) is 49.2 Å². The number of ether oxygens (including phenoxy) is 2. The summed E-state index contributed by atoms with van der Waals surface area (Å²) >= 11 is 2.36. The highest BCUT2D eigenvalue weighted by atomic mass is 32.2. The minimum atomic E-state index is -1.06. The molecule has 0 radical (unpaired) electrons. The van der Waals surface area contributed by atoms with Crippen LogP contribution in [0.4, 0.5) is 9.52 Å². The Morgan fingerprint density at radius 2 is 1.95 bits per heavy atom. The number of hydrogen-bond donors (Lipinski definition) is 1. The van der Waals surface area contributed by atoms with Gasteiger partial charge in [0, 0.05) is 5.75 Å². The maximum Gasteiger partial charge on any atom is 0.296 e. The van der Waals surface area contributed by atoms with Gasteiger partial charge in [0.05, 0.1) is 25.3 Å². The number of aliphatic hydroxyl groups is 1. The number of carbonyl (C=O) groups excluding carboxylic acids is 2. The first kappa shape index (κ1) is 30.3. The van der Waals surface area contributed by atoms with Gasteiger partial charge in [0.1, 0.15) is 11.6 Å². The quantitative estimate of drug-likeness (QED) is 0.0713. The highest BCUT2D eigenvalue weighted by molar-refractivity contribution is 8.00. The van der Waals surface area contributed by atoms with Crippen molar-refractivity contribution >= 4 is 39.9 Å². The van der Waals surface area contributed by atoms with Crippen LogP contribution in [0.25, 0.3) is 0 Å². The first-order valence-corrected chi connectivity index (χ1v) is 15.5. The molecule has 0 spiro atoms. The first-order chi connectivity index (χ1) is 20.8. The Morgan fingerprint density at radius 3 is 2.67 bits per heavy atom. The second-order valence-corrected chi connectivity index (χ2v) is 12.0. The molecule has 3 heterocycles. The molecule has 2 aromatic carbocycles. The summed E-state index contributed by atoms with van der Waals surface area (Å²) in [5.74, 6) is -0.754. The third-order valence-corrected chi connectivity index (χ3v) is 8.94. The van der Waals surface area contributed by atoms with E-state index in [0.29, 0.717) is 45.1 Å². The van der Waals surface area contributed by atoms with Crippen LogP contribution in [0.15, 0.2) is 74.7 Å². The number of unbranched alkanes of at least 4 members (excludes halogenated alkanes) is 2. The number of nitrogens with zero attached hydrogens (tertiary/aromatic N) is 3. The minimum absolute atomic E-state index is 0.0139. The van der Waals surface area contributed by atoms with E-state index in [4.69, 9.17) is 13.9 Å². The highest BCUT2D eigenvalue weighted by Gasteiger charge is 2.47. The number of aryl methyl sites for hydroxylation is 1. The van der Waals surface area contributed by atoms with E-state index in [-0.39, 0.29) is 22.3 Å². The largest absolute Gasteiger partial charge is 0.503 e. The zero-order chi connectivity index (χ0) is 30.5. The van der Waals surface area contributed by atoms with E-state index in [9.17, 15) is 19.1 Å². The van der Waals surface area contributed by atoms with Crippen LogP contribution in [-0.4, -0.2) is 40.7 Å². The number of aromatic nitrogens is 2. The summed E-state index contributed by atoms with van der Waals surface area (Å²) in [4.78, 5) is 28.5. The lowest BCUT2D eigenvalue weighted by Crippen LogP contribution is -2.31. The zero-order valence-corrected chi connectivity index (χ0v) is 25.5. The summed E-state index contributed by atoms with van der Waals surface area (Å²) in [6, 6.07) is 13.6. The van der Waals surface area contributed by atoms with Gasteiger partial charge in [0.15, 0.2) is 27.4 Å². The van der Waals surface area contributed by atoms with Crippen molar-refractivity contribution < 1.29 is 33.0 Å². The molecule has 12 heteroatoms. The zero-order valence-electron chi connectivity index (χ0n) is 23.8. The second kappa shape index (κ2) is 13.4. The number of anilines is 1. The van der Waals surface area contributed by atoms with Crippen molar-refractivity contribution in [3.63, 3.8) is 0 Å². The van der Waals surface area contributed by atoms with Crippen molar-refractivity contribution in [2.24, 2.45) is 0 Å². The molecule has 1 N–H and O–H groups in total. The SMILES string of the molecule is CCCCCOc1ccc(C2C(C(=O)c3ccc(C)o3)=C(O)C(=O)N2c2nnc(SCc3ccccc3F)s2)cc1OC. The van der Waals surface area contributed by atoms with Crippen LogP contribution in [0.3, 0.4) is 0 Å². The number of furan rings is 1. The second-order valence-electron chi connectivity index (χ2n) is 9.78. The van der Waals surface area contributed by atoms with E-state index in [1.54, 1.807) is 49.4 Å². The van der Waals surface area contributed by atoms with Crippen LogP contribution >= 0.6 is 23.1 Å². The van der Waals surface area contributed by atoms with E-state index in [0.717, 1.165) is 30.6 Å². The molecule has 1 atom stereocenters. The van der Waals surface area contributed by atoms with E-state index in [1.807, 2.05) is 0 Å². The predicted octanol–water partition coefficient (Wildman–Crippen LogP) is 7.23. The highest BCUT2D eigenvalue weighted by Crippen LogP contribution is 2.45. The molecule has 0 saturated carbocycles. The van der Waals surface area contributed by atoms with Gasteiger partial charge in [-0.2, -0.15) is 0 Å².